The van der Waals surface area contributed by atoms with Gasteiger partial charge < -0.3 is 18.9 Å². The topological polar surface area (TPSA) is 112 Å². The summed E-state index contributed by atoms with van der Waals surface area (Å²) in [5.74, 6) is 0.743. The second-order valence-electron chi connectivity index (χ2n) is 14.7. The molecule has 0 radical (unpaired) electrons. The molecule has 0 saturated carbocycles. The van der Waals surface area contributed by atoms with E-state index < -0.39 is 33.2 Å². The van der Waals surface area contributed by atoms with Crippen molar-refractivity contribution in [1.82, 2.24) is 9.80 Å². The molecule has 50 heavy (non-hydrogen) atoms. The molecule has 2 saturated heterocycles. The van der Waals surface area contributed by atoms with Crippen molar-refractivity contribution < 1.29 is 37.0 Å². The molecule has 2 aliphatic rings. The van der Waals surface area contributed by atoms with E-state index in [-0.39, 0.29) is 43.2 Å². The number of benzene rings is 2. The number of sulfone groups is 1. The summed E-state index contributed by atoms with van der Waals surface area (Å²) in [6.45, 7) is 12.6. The Morgan fingerprint density at radius 1 is 0.760 bits per heavy atom. The third kappa shape index (κ3) is 15.2. The van der Waals surface area contributed by atoms with Crippen LogP contribution in [-0.2, 0) is 41.6 Å². The molecule has 2 heterocycles. The average Bonchev–Trinajstić information content (AvgIpc) is 2.99. The van der Waals surface area contributed by atoms with Crippen molar-refractivity contribution in [3.8, 4) is 0 Å². The van der Waals surface area contributed by atoms with Gasteiger partial charge in [-0.3, -0.25) is 9.80 Å². The third-order valence-corrected chi connectivity index (χ3v) is 9.78. The maximum absolute atomic E-state index is 12.7. The van der Waals surface area contributed by atoms with Crippen LogP contribution in [0, 0.1) is 0 Å². The molecule has 280 valence electrons. The van der Waals surface area contributed by atoms with Crippen LogP contribution in [0.4, 0.5) is 9.59 Å². The molecule has 0 aromatic heterocycles. The lowest BCUT2D eigenvalue weighted by atomic mass is 10.0. The van der Waals surface area contributed by atoms with E-state index in [0.717, 1.165) is 29.6 Å². The van der Waals surface area contributed by atoms with E-state index in [1.165, 1.54) is 0 Å². The summed E-state index contributed by atoms with van der Waals surface area (Å²) < 4.78 is 45.9. The van der Waals surface area contributed by atoms with Crippen LogP contribution in [0.15, 0.2) is 48.5 Å². The molecule has 0 N–H and O–H groups in total. The number of ether oxygens (including phenoxy) is 4. The quantitative estimate of drug-likeness (QED) is 0.275. The van der Waals surface area contributed by atoms with Crippen LogP contribution in [0.2, 0.25) is 10.0 Å². The van der Waals surface area contributed by atoms with Gasteiger partial charge in [0.2, 0.25) is 0 Å². The van der Waals surface area contributed by atoms with Crippen molar-refractivity contribution in [2.45, 2.75) is 89.9 Å². The Morgan fingerprint density at radius 2 is 1.14 bits per heavy atom. The molecule has 2 aliphatic heterocycles. The summed E-state index contributed by atoms with van der Waals surface area (Å²) in [5.41, 5.74) is 1.00. The van der Waals surface area contributed by atoms with E-state index in [4.69, 9.17) is 42.1 Å². The average molecular weight is 776 g/mol. The van der Waals surface area contributed by atoms with E-state index in [1.54, 1.807) is 49.6 Å². The molecule has 4 rings (SSSR count). The van der Waals surface area contributed by atoms with Gasteiger partial charge in [-0.05, 0) is 96.0 Å². The molecule has 2 aromatic rings. The van der Waals surface area contributed by atoms with Crippen molar-refractivity contribution in [3.63, 3.8) is 0 Å². The summed E-state index contributed by atoms with van der Waals surface area (Å²) >= 11 is 13.6. The number of carbonyl (C=O) groups is 2. The zero-order chi connectivity index (χ0) is 37.3. The lowest BCUT2D eigenvalue weighted by Gasteiger charge is -2.40. The maximum atomic E-state index is 12.7. The number of nitrogens with zero attached hydrogens (tertiary/aromatic N) is 2. The molecule has 2 aromatic carbocycles. The predicted octanol–water partition coefficient (Wildman–Crippen LogP) is 7.18. The number of amides is 2. The second-order valence-corrected chi connectivity index (χ2v) is 18.7. The van der Waals surface area contributed by atoms with Gasteiger partial charge in [-0.2, -0.15) is 11.8 Å². The number of halogens is 2. The molecule has 0 spiro atoms. The number of hydrogen-bond donors (Lipinski definition) is 0. The third-order valence-electron chi connectivity index (χ3n) is 7.60. The minimum Gasteiger partial charge on any atom is -0.444 e. The number of carbonyl (C=O) groups excluding carboxylic acids is 2. The second kappa shape index (κ2) is 18.5. The lowest BCUT2D eigenvalue weighted by Crippen LogP contribution is -2.55. The highest BCUT2D eigenvalue weighted by Gasteiger charge is 2.37. The molecule has 2 fully saturated rings. The highest BCUT2D eigenvalue weighted by Crippen LogP contribution is 2.24. The fourth-order valence-electron chi connectivity index (χ4n) is 5.45. The Bertz CT molecular complexity index is 1500. The largest absolute Gasteiger partial charge is 0.444 e. The minimum atomic E-state index is -3.21. The molecule has 4 atom stereocenters. The highest BCUT2D eigenvalue weighted by atomic mass is 35.5. The summed E-state index contributed by atoms with van der Waals surface area (Å²) in [6, 6.07) is 14.9. The van der Waals surface area contributed by atoms with E-state index >= 15 is 0 Å². The lowest BCUT2D eigenvalue weighted by molar-refractivity contribution is -0.0618. The SMILES string of the molecule is CC(C)(C)OC(=O)N1C[C@H](CS(C)(=O)=O)OC[C@@H]1Cc1ccc(Cl)cc1.CSC[C@H]1CN(C(=O)OC(C)(C)C)[C@@H](Cc2ccc(Cl)cc2)CO1. The standard InChI is InChI=1S/C18H26ClNO5S.C18H26ClNO3S/c1-18(2,3)25-17(21)20-10-16(12-26(4,22)23)24-11-15(20)9-13-5-7-14(19)8-6-13;1-18(2,3)23-17(21)20-10-16(12-24-4)22-11-15(20)9-13-5-7-14(19)8-6-13/h5-8,15-16H,9-12H2,1-4H3;5-8,15-16H,9-12H2,1-4H3/t2*15-,16+/m00/s1. The summed E-state index contributed by atoms with van der Waals surface area (Å²) in [6.07, 6.45) is 3.27. The van der Waals surface area contributed by atoms with Gasteiger partial charge in [0.1, 0.15) is 21.0 Å². The Kier molecular flexibility index (Phi) is 15.6. The molecular formula is C36H52Cl2N2O8S2. The molecule has 2 amide bonds. The van der Waals surface area contributed by atoms with Gasteiger partial charge in [0.25, 0.3) is 0 Å². The van der Waals surface area contributed by atoms with Crippen LogP contribution >= 0.6 is 35.0 Å². The maximum Gasteiger partial charge on any atom is 0.410 e. The molecule has 10 nitrogen and oxygen atoms in total. The number of thioether (sulfide) groups is 1. The van der Waals surface area contributed by atoms with Crippen molar-refractivity contribution in [2.24, 2.45) is 0 Å². The first-order valence-electron chi connectivity index (χ1n) is 16.6. The van der Waals surface area contributed by atoms with Crippen LogP contribution in [0.3, 0.4) is 0 Å². The van der Waals surface area contributed by atoms with E-state index in [1.807, 2.05) is 68.3 Å². The van der Waals surface area contributed by atoms with Gasteiger partial charge in [0, 0.05) is 22.1 Å². The summed E-state index contributed by atoms with van der Waals surface area (Å²) in [7, 11) is -3.21. The van der Waals surface area contributed by atoms with Gasteiger partial charge in [0.15, 0.2) is 0 Å². The Balaban J connectivity index is 0.000000271. The van der Waals surface area contributed by atoms with Crippen LogP contribution in [0.1, 0.15) is 52.7 Å². The van der Waals surface area contributed by atoms with Gasteiger partial charge in [-0.25, -0.2) is 18.0 Å². The first-order chi connectivity index (χ1) is 23.2. The molecule has 0 unspecified atom stereocenters. The van der Waals surface area contributed by atoms with Gasteiger partial charge in [-0.1, -0.05) is 47.5 Å². The van der Waals surface area contributed by atoms with Crippen LogP contribution < -0.4 is 0 Å². The number of rotatable bonds is 8. The zero-order valence-electron chi connectivity index (χ0n) is 30.3. The van der Waals surface area contributed by atoms with Crippen LogP contribution in [0.5, 0.6) is 0 Å². The number of morpholine rings is 2. The van der Waals surface area contributed by atoms with E-state index in [2.05, 4.69) is 0 Å². The summed E-state index contributed by atoms with van der Waals surface area (Å²) in [5, 5.41) is 1.36. The van der Waals surface area contributed by atoms with Crippen LogP contribution in [-0.4, -0.2) is 116 Å². The Labute approximate surface area is 312 Å². The zero-order valence-corrected chi connectivity index (χ0v) is 33.5. The Hall–Kier alpha value is -2.22. The van der Waals surface area contributed by atoms with Crippen molar-refractivity contribution in [1.29, 1.82) is 0 Å². The smallest absolute Gasteiger partial charge is 0.410 e. The highest BCUT2D eigenvalue weighted by molar-refractivity contribution is 7.98. The normalized spacial score (nSPS) is 21.6. The first-order valence-corrected chi connectivity index (χ1v) is 20.8. The van der Waals surface area contributed by atoms with Crippen LogP contribution in [0.25, 0.3) is 0 Å². The van der Waals surface area contributed by atoms with Gasteiger partial charge in [-0.15, -0.1) is 0 Å². The molecule has 14 heteroatoms. The van der Waals surface area contributed by atoms with Crippen molar-refractivity contribution >= 4 is 57.0 Å². The monoisotopic (exact) mass is 774 g/mol. The van der Waals surface area contributed by atoms with Crippen molar-refractivity contribution in [2.75, 3.05) is 50.3 Å². The van der Waals surface area contributed by atoms with E-state index in [9.17, 15) is 18.0 Å². The predicted molar refractivity (Wildman–Crippen MR) is 201 cm³/mol. The first kappa shape index (κ1) is 42.2. The van der Waals surface area contributed by atoms with Gasteiger partial charge >= 0.3 is 12.2 Å². The Morgan fingerprint density at radius 3 is 1.50 bits per heavy atom. The summed E-state index contributed by atoms with van der Waals surface area (Å²) in [4.78, 5) is 28.7. The fourth-order valence-corrected chi connectivity index (χ4v) is 7.16. The molecular weight excluding hydrogens is 723 g/mol. The van der Waals surface area contributed by atoms with Gasteiger partial charge in [0.05, 0.1) is 56.3 Å². The number of hydrogen-bond acceptors (Lipinski definition) is 9. The van der Waals surface area contributed by atoms with Crippen molar-refractivity contribution in [3.05, 3.63) is 69.7 Å². The van der Waals surface area contributed by atoms with E-state index in [0.29, 0.717) is 29.6 Å². The molecule has 0 bridgehead atoms. The molecule has 0 aliphatic carbocycles. The fraction of sp³-hybridized carbons (Fsp3) is 0.611. The minimum absolute atomic E-state index is 0.0286.